The summed E-state index contributed by atoms with van der Waals surface area (Å²) in [6.45, 7) is 1.17. The molecule has 1 N–H and O–H groups in total. The van der Waals surface area contributed by atoms with Crippen molar-refractivity contribution in [3.63, 3.8) is 0 Å². The van der Waals surface area contributed by atoms with Crippen molar-refractivity contribution in [3.05, 3.63) is 88.9 Å². The largest absolute Gasteiger partial charge is 0.416 e. The highest BCUT2D eigenvalue weighted by Crippen LogP contribution is 2.31. The van der Waals surface area contributed by atoms with E-state index in [9.17, 15) is 26.4 Å². The van der Waals surface area contributed by atoms with Crippen molar-refractivity contribution in [2.45, 2.75) is 18.0 Å². The Hall–Kier alpha value is -3.04. The minimum Gasteiger partial charge on any atom is -0.325 e. The van der Waals surface area contributed by atoms with Gasteiger partial charge in [-0.2, -0.15) is 13.2 Å². The third-order valence-electron chi connectivity index (χ3n) is 4.48. The maximum atomic E-state index is 13.3. The quantitative estimate of drug-likeness (QED) is 0.504. The monoisotopic (exact) mass is 482 g/mol. The van der Waals surface area contributed by atoms with Crippen LogP contribution in [0.15, 0.2) is 77.7 Å². The van der Waals surface area contributed by atoms with Gasteiger partial charge in [0.15, 0.2) is 0 Å². The van der Waals surface area contributed by atoms with Crippen LogP contribution in [0.5, 0.6) is 0 Å². The molecule has 3 aromatic carbocycles. The van der Waals surface area contributed by atoms with Crippen LogP contribution in [0.4, 0.5) is 24.5 Å². The van der Waals surface area contributed by atoms with E-state index in [2.05, 4.69) is 5.32 Å². The van der Waals surface area contributed by atoms with E-state index in [1.807, 2.05) is 6.92 Å². The maximum Gasteiger partial charge on any atom is 0.416 e. The summed E-state index contributed by atoms with van der Waals surface area (Å²) in [4.78, 5) is 12.5. The van der Waals surface area contributed by atoms with Gasteiger partial charge in [-0.05, 0) is 61.5 Å². The standard InChI is InChI=1S/C22H18ClF3N2O3S/c1-15-5-9-19(10-6-15)28(32(30,31)20-11-7-17(23)8-12-20)14-21(29)27-18-4-2-3-16(13-18)22(24,25)26/h2-13H,14H2,1H3,(H,27,29). The van der Waals surface area contributed by atoms with Crippen molar-refractivity contribution in [2.75, 3.05) is 16.2 Å². The molecule has 0 unspecified atom stereocenters. The number of anilines is 2. The molecule has 0 aliphatic heterocycles. The normalized spacial score (nSPS) is 11.8. The number of nitrogens with one attached hydrogen (secondary N) is 1. The van der Waals surface area contributed by atoms with Crippen molar-refractivity contribution in [2.24, 2.45) is 0 Å². The average Bonchev–Trinajstić information content (AvgIpc) is 2.72. The average molecular weight is 483 g/mol. The Morgan fingerprint density at radius 2 is 1.62 bits per heavy atom. The fourth-order valence-corrected chi connectivity index (χ4v) is 4.41. The van der Waals surface area contributed by atoms with Crippen LogP contribution in [-0.2, 0) is 21.0 Å². The molecule has 5 nitrogen and oxygen atoms in total. The highest BCUT2D eigenvalue weighted by Gasteiger charge is 2.31. The van der Waals surface area contributed by atoms with Crippen LogP contribution in [0.2, 0.25) is 5.02 Å². The molecule has 3 rings (SSSR count). The first-order valence-electron chi connectivity index (χ1n) is 9.29. The molecule has 0 aliphatic carbocycles. The van der Waals surface area contributed by atoms with E-state index in [0.29, 0.717) is 5.02 Å². The number of sulfonamides is 1. The Morgan fingerprint density at radius 1 is 1.00 bits per heavy atom. The summed E-state index contributed by atoms with van der Waals surface area (Å²) in [5.74, 6) is -0.803. The van der Waals surface area contributed by atoms with Crippen LogP contribution in [-0.4, -0.2) is 20.9 Å². The number of alkyl halides is 3. The molecule has 0 aromatic heterocycles. The number of carbonyl (C=O) groups excluding carboxylic acids is 1. The minimum atomic E-state index is -4.58. The van der Waals surface area contributed by atoms with Crippen molar-refractivity contribution in [3.8, 4) is 0 Å². The molecule has 1 amide bonds. The van der Waals surface area contributed by atoms with Gasteiger partial charge in [0.25, 0.3) is 10.0 Å². The molecule has 0 bridgehead atoms. The van der Waals surface area contributed by atoms with Gasteiger partial charge >= 0.3 is 6.18 Å². The van der Waals surface area contributed by atoms with Gasteiger partial charge in [-0.1, -0.05) is 35.4 Å². The van der Waals surface area contributed by atoms with E-state index in [1.54, 1.807) is 24.3 Å². The molecule has 0 atom stereocenters. The van der Waals surface area contributed by atoms with E-state index in [0.717, 1.165) is 28.1 Å². The molecule has 0 aliphatic rings. The number of rotatable bonds is 6. The van der Waals surface area contributed by atoms with Crippen LogP contribution < -0.4 is 9.62 Å². The number of hydrogen-bond acceptors (Lipinski definition) is 3. The maximum absolute atomic E-state index is 13.3. The lowest BCUT2D eigenvalue weighted by atomic mass is 10.2. The summed E-state index contributed by atoms with van der Waals surface area (Å²) in [6, 6.07) is 16.0. The first kappa shape index (κ1) is 23.6. The first-order valence-corrected chi connectivity index (χ1v) is 11.1. The Labute approximate surface area is 188 Å². The van der Waals surface area contributed by atoms with Crippen LogP contribution in [0, 0.1) is 6.92 Å². The topological polar surface area (TPSA) is 66.5 Å². The molecule has 10 heteroatoms. The van der Waals surface area contributed by atoms with E-state index < -0.39 is 34.2 Å². The molecule has 32 heavy (non-hydrogen) atoms. The van der Waals surface area contributed by atoms with Gasteiger partial charge in [0, 0.05) is 10.7 Å². The molecule has 0 fully saturated rings. The van der Waals surface area contributed by atoms with Gasteiger partial charge in [-0.3, -0.25) is 9.10 Å². The summed E-state index contributed by atoms with van der Waals surface area (Å²) in [6.07, 6.45) is -4.58. The van der Waals surface area contributed by atoms with E-state index in [-0.39, 0.29) is 16.3 Å². The Balaban J connectivity index is 1.92. The van der Waals surface area contributed by atoms with Gasteiger partial charge in [0.2, 0.25) is 5.91 Å². The Morgan fingerprint density at radius 3 is 2.22 bits per heavy atom. The van der Waals surface area contributed by atoms with Crippen molar-refractivity contribution in [1.82, 2.24) is 0 Å². The number of benzene rings is 3. The summed E-state index contributed by atoms with van der Waals surface area (Å²) >= 11 is 5.84. The second kappa shape index (κ2) is 9.22. The molecule has 0 spiro atoms. The van der Waals surface area contributed by atoms with E-state index >= 15 is 0 Å². The third kappa shape index (κ3) is 5.60. The van der Waals surface area contributed by atoms with Crippen molar-refractivity contribution < 1.29 is 26.4 Å². The smallest absolute Gasteiger partial charge is 0.325 e. The minimum absolute atomic E-state index is 0.0886. The summed E-state index contributed by atoms with van der Waals surface area (Å²) < 4.78 is 66.2. The summed E-state index contributed by atoms with van der Waals surface area (Å²) in [7, 11) is -4.17. The molecule has 3 aromatic rings. The second-order valence-electron chi connectivity index (χ2n) is 6.93. The lowest BCUT2D eigenvalue weighted by Crippen LogP contribution is -2.38. The van der Waals surface area contributed by atoms with Gasteiger partial charge in [-0.15, -0.1) is 0 Å². The second-order valence-corrected chi connectivity index (χ2v) is 9.23. The summed E-state index contributed by atoms with van der Waals surface area (Å²) in [5.41, 5.74) is 0.0767. The highest BCUT2D eigenvalue weighted by atomic mass is 35.5. The van der Waals surface area contributed by atoms with Gasteiger partial charge < -0.3 is 5.32 Å². The molecule has 168 valence electrons. The van der Waals surface area contributed by atoms with Crippen molar-refractivity contribution >= 4 is 38.9 Å². The molecular weight excluding hydrogens is 465 g/mol. The zero-order valence-electron chi connectivity index (χ0n) is 16.7. The molecule has 0 saturated carbocycles. The first-order chi connectivity index (χ1) is 15.0. The number of amides is 1. The molecule has 0 radical (unpaired) electrons. The predicted molar refractivity (Wildman–Crippen MR) is 117 cm³/mol. The third-order valence-corrected chi connectivity index (χ3v) is 6.52. The number of aryl methyl sites for hydroxylation is 1. The summed E-state index contributed by atoms with van der Waals surface area (Å²) in [5, 5.41) is 2.67. The van der Waals surface area contributed by atoms with Gasteiger partial charge in [0.05, 0.1) is 16.1 Å². The predicted octanol–water partition coefficient (Wildman–Crippen LogP) is 5.50. The van der Waals surface area contributed by atoms with Crippen LogP contribution in [0.25, 0.3) is 0 Å². The lowest BCUT2D eigenvalue weighted by molar-refractivity contribution is -0.137. The highest BCUT2D eigenvalue weighted by molar-refractivity contribution is 7.92. The number of hydrogen-bond donors (Lipinski definition) is 1. The zero-order chi connectivity index (χ0) is 23.5. The van der Waals surface area contributed by atoms with Gasteiger partial charge in [-0.25, -0.2) is 8.42 Å². The van der Waals surface area contributed by atoms with Crippen LogP contribution in [0.1, 0.15) is 11.1 Å². The Bertz CT molecular complexity index is 1210. The van der Waals surface area contributed by atoms with Crippen molar-refractivity contribution in [1.29, 1.82) is 0 Å². The Kier molecular flexibility index (Phi) is 6.80. The lowest BCUT2D eigenvalue weighted by Gasteiger charge is -2.24. The van der Waals surface area contributed by atoms with Gasteiger partial charge in [0.1, 0.15) is 6.54 Å². The molecule has 0 saturated heterocycles. The number of nitrogens with zero attached hydrogens (tertiary/aromatic N) is 1. The SMILES string of the molecule is Cc1ccc(N(CC(=O)Nc2cccc(C(F)(F)F)c2)S(=O)(=O)c2ccc(Cl)cc2)cc1. The van der Waals surface area contributed by atoms with E-state index in [1.165, 1.54) is 30.3 Å². The van der Waals surface area contributed by atoms with Crippen LogP contribution in [0.3, 0.4) is 0 Å². The zero-order valence-corrected chi connectivity index (χ0v) is 18.3. The fourth-order valence-electron chi connectivity index (χ4n) is 2.86. The number of halogens is 4. The fraction of sp³-hybridized carbons (Fsp3) is 0.136. The molecular formula is C22H18ClF3N2O3S. The van der Waals surface area contributed by atoms with E-state index in [4.69, 9.17) is 11.6 Å². The number of carbonyl (C=O) groups is 1. The molecule has 0 heterocycles. The van der Waals surface area contributed by atoms with Crippen LogP contribution >= 0.6 is 11.6 Å².